The van der Waals surface area contributed by atoms with E-state index in [1.54, 1.807) is 0 Å². The van der Waals surface area contributed by atoms with Crippen LogP contribution < -0.4 is 5.32 Å². The van der Waals surface area contributed by atoms with Crippen molar-refractivity contribution in [3.8, 4) is 11.1 Å². The van der Waals surface area contributed by atoms with Crippen LogP contribution >= 0.6 is 10.0 Å². The number of carbonyl (C=O) groups is 1. The predicted molar refractivity (Wildman–Crippen MR) is 106 cm³/mol. The molecule has 0 radical (unpaired) electrons. The average molecular weight is 363 g/mol. The summed E-state index contributed by atoms with van der Waals surface area (Å²) >= 11 is 0. The van der Waals surface area contributed by atoms with Gasteiger partial charge < -0.3 is 10.4 Å². The molecule has 0 atom stereocenters. The van der Waals surface area contributed by atoms with Gasteiger partial charge in [-0.15, -0.1) is 0 Å². The summed E-state index contributed by atoms with van der Waals surface area (Å²) in [7, 11) is -1.33. The third-order valence-corrected chi connectivity index (χ3v) is 8.62. The molecule has 0 unspecified atom stereocenters. The van der Waals surface area contributed by atoms with Gasteiger partial charge in [-0.3, -0.25) is 4.79 Å². The van der Waals surface area contributed by atoms with Gasteiger partial charge in [-0.1, -0.05) is 36.4 Å². The molecule has 3 nitrogen and oxygen atoms in total. The SMILES string of the molecule is CS1(c2ccc(C(=O)NCCO)cc2)c2ccccc2-c2ccccc21. The first-order valence-corrected chi connectivity index (χ1v) is 10.7. The van der Waals surface area contributed by atoms with Crippen LogP contribution in [0.3, 0.4) is 0 Å². The molecule has 3 aromatic rings. The lowest BCUT2D eigenvalue weighted by molar-refractivity contribution is 0.0944. The highest BCUT2D eigenvalue weighted by molar-refractivity contribution is 8.33. The Morgan fingerprint density at radius 3 is 1.96 bits per heavy atom. The van der Waals surface area contributed by atoms with Crippen LogP contribution in [0, 0.1) is 0 Å². The number of nitrogens with one attached hydrogen (secondary N) is 1. The van der Waals surface area contributed by atoms with E-state index in [0.717, 1.165) is 0 Å². The lowest BCUT2D eigenvalue weighted by atomic mass is 10.1. The summed E-state index contributed by atoms with van der Waals surface area (Å²) in [6, 6.07) is 25.1. The molecule has 0 saturated carbocycles. The molecule has 132 valence electrons. The minimum atomic E-state index is -1.33. The largest absolute Gasteiger partial charge is 0.395 e. The number of aliphatic hydroxyl groups is 1. The molecule has 1 aliphatic heterocycles. The van der Waals surface area contributed by atoms with Gasteiger partial charge in [0.15, 0.2) is 0 Å². The first kappa shape index (κ1) is 16.9. The topological polar surface area (TPSA) is 49.3 Å². The van der Waals surface area contributed by atoms with Gasteiger partial charge in [0.2, 0.25) is 0 Å². The zero-order chi connectivity index (χ0) is 18.1. The van der Waals surface area contributed by atoms with E-state index in [2.05, 4.69) is 72.2 Å². The van der Waals surface area contributed by atoms with Crippen molar-refractivity contribution < 1.29 is 9.90 Å². The van der Waals surface area contributed by atoms with Gasteiger partial charge in [-0.25, -0.2) is 0 Å². The number of amides is 1. The molecule has 4 heteroatoms. The number of hydrogen-bond donors (Lipinski definition) is 2. The summed E-state index contributed by atoms with van der Waals surface area (Å²) in [5, 5.41) is 11.6. The molecule has 0 aliphatic carbocycles. The molecule has 4 rings (SSSR count). The fraction of sp³-hybridized carbons (Fsp3) is 0.136. The minimum absolute atomic E-state index is 0.0559. The van der Waals surface area contributed by atoms with Crippen LogP contribution in [0.25, 0.3) is 11.1 Å². The van der Waals surface area contributed by atoms with Crippen molar-refractivity contribution in [3.63, 3.8) is 0 Å². The van der Waals surface area contributed by atoms with E-state index in [1.807, 2.05) is 12.1 Å². The normalized spacial score (nSPS) is 15.0. The summed E-state index contributed by atoms with van der Waals surface area (Å²) < 4.78 is 0. The van der Waals surface area contributed by atoms with Gasteiger partial charge in [-0.05, 0) is 58.7 Å². The fourth-order valence-electron chi connectivity index (χ4n) is 3.61. The van der Waals surface area contributed by atoms with E-state index in [9.17, 15) is 4.79 Å². The maximum Gasteiger partial charge on any atom is 0.251 e. The Labute approximate surface area is 155 Å². The number of rotatable bonds is 4. The molecule has 0 saturated heterocycles. The second-order valence-electron chi connectivity index (χ2n) is 6.41. The van der Waals surface area contributed by atoms with E-state index >= 15 is 0 Å². The summed E-state index contributed by atoms with van der Waals surface area (Å²) in [5.74, 6) is -0.155. The third-order valence-electron chi connectivity index (χ3n) is 4.93. The number of hydrogen-bond acceptors (Lipinski definition) is 2. The molecular weight excluding hydrogens is 342 g/mol. The van der Waals surface area contributed by atoms with Crippen molar-refractivity contribution in [2.45, 2.75) is 14.7 Å². The average Bonchev–Trinajstić information content (AvgIpc) is 2.97. The van der Waals surface area contributed by atoms with E-state index in [1.165, 1.54) is 25.8 Å². The molecule has 0 spiro atoms. The maximum absolute atomic E-state index is 12.1. The highest BCUT2D eigenvalue weighted by Gasteiger charge is 2.36. The zero-order valence-corrected chi connectivity index (χ0v) is 15.4. The number of carbonyl (C=O) groups excluding carboxylic acids is 1. The molecule has 0 aromatic heterocycles. The van der Waals surface area contributed by atoms with E-state index < -0.39 is 10.0 Å². The van der Waals surface area contributed by atoms with Crippen LogP contribution in [0.4, 0.5) is 0 Å². The Balaban J connectivity index is 1.79. The monoisotopic (exact) mass is 363 g/mol. The molecular formula is C22H21NO2S. The summed E-state index contributed by atoms with van der Waals surface area (Å²) in [6.45, 7) is 0.212. The molecule has 2 N–H and O–H groups in total. The molecule has 0 bridgehead atoms. The Bertz CT molecular complexity index is 920. The van der Waals surface area contributed by atoms with Crippen LogP contribution in [0.2, 0.25) is 0 Å². The zero-order valence-electron chi connectivity index (χ0n) is 14.6. The Morgan fingerprint density at radius 1 is 0.885 bits per heavy atom. The highest BCUT2D eigenvalue weighted by atomic mass is 32.3. The van der Waals surface area contributed by atoms with Crippen molar-refractivity contribution in [2.75, 3.05) is 19.4 Å². The number of benzene rings is 3. The predicted octanol–water partition coefficient (Wildman–Crippen LogP) is 4.30. The standard InChI is InChI=1S/C22H21NO2S/c1-26(17-12-10-16(11-13-17)22(25)23-14-15-24)20-8-4-2-6-18(20)19-7-3-5-9-21(19)26/h2-13,24H,14-15H2,1H3,(H,23,25). The van der Waals surface area contributed by atoms with Gasteiger partial charge in [0.25, 0.3) is 5.91 Å². The maximum atomic E-state index is 12.1. The van der Waals surface area contributed by atoms with Gasteiger partial charge >= 0.3 is 0 Å². The molecule has 26 heavy (non-hydrogen) atoms. The lowest BCUT2D eigenvalue weighted by Crippen LogP contribution is -2.26. The van der Waals surface area contributed by atoms with Gasteiger partial charge in [0, 0.05) is 21.9 Å². The van der Waals surface area contributed by atoms with Crippen molar-refractivity contribution in [2.24, 2.45) is 0 Å². The first-order valence-electron chi connectivity index (χ1n) is 8.62. The second-order valence-corrected chi connectivity index (χ2v) is 9.60. The van der Waals surface area contributed by atoms with E-state index in [4.69, 9.17) is 5.11 Å². The fourth-order valence-corrected chi connectivity index (χ4v) is 6.97. The molecule has 1 amide bonds. The highest BCUT2D eigenvalue weighted by Crippen LogP contribution is 2.73. The quantitative estimate of drug-likeness (QED) is 0.726. The van der Waals surface area contributed by atoms with Crippen LogP contribution in [0.5, 0.6) is 0 Å². The van der Waals surface area contributed by atoms with Crippen molar-refractivity contribution in [3.05, 3.63) is 78.4 Å². The third kappa shape index (κ3) is 2.54. The van der Waals surface area contributed by atoms with E-state index in [0.29, 0.717) is 5.56 Å². The molecule has 1 aliphatic rings. The van der Waals surface area contributed by atoms with Crippen molar-refractivity contribution in [1.29, 1.82) is 0 Å². The van der Waals surface area contributed by atoms with Crippen LogP contribution in [0.15, 0.2) is 87.5 Å². The van der Waals surface area contributed by atoms with Crippen molar-refractivity contribution >= 4 is 15.9 Å². The smallest absolute Gasteiger partial charge is 0.251 e. The number of aliphatic hydroxyl groups excluding tert-OH is 1. The van der Waals surface area contributed by atoms with Crippen LogP contribution in [-0.2, 0) is 0 Å². The summed E-state index contributed by atoms with van der Waals surface area (Å²) in [4.78, 5) is 16.1. The second kappa shape index (κ2) is 6.63. The minimum Gasteiger partial charge on any atom is -0.395 e. The van der Waals surface area contributed by atoms with Gasteiger partial charge in [0.1, 0.15) is 0 Å². The lowest BCUT2D eigenvalue weighted by Gasteiger charge is -2.34. The molecule has 3 aromatic carbocycles. The summed E-state index contributed by atoms with van der Waals surface area (Å²) in [5.41, 5.74) is 3.24. The molecule has 0 fully saturated rings. The van der Waals surface area contributed by atoms with E-state index in [-0.39, 0.29) is 19.1 Å². The Kier molecular flexibility index (Phi) is 4.31. The Morgan fingerprint density at radius 2 is 1.42 bits per heavy atom. The van der Waals surface area contributed by atoms with Crippen molar-refractivity contribution in [1.82, 2.24) is 5.32 Å². The number of fused-ring (bicyclic) bond motifs is 3. The molecule has 1 heterocycles. The van der Waals surface area contributed by atoms with Crippen LogP contribution in [0.1, 0.15) is 10.4 Å². The summed E-state index contributed by atoms with van der Waals surface area (Å²) in [6.07, 6.45) is 2.33. The first-order chi connectivity index (χ1) is 12.7. The van der Waals surface area contributed by atoms with Crippen LogP contribution in [-0.4, -0.2) is 30.4 Å². The van der Waals surface area contributed by atoms with Gasteiger partial charge in [0.05, 0.1) is 6.61 Å². The Hall–Kier alpha value is -2.56. The van der Waals surface area contributed by atoms with Gasteiger partial charge in [-0.2, -0.15) is 10.0 Å².